The predicted octanol–water partition coefficient (Wildman–Crippen LogP) is 21.4. The maximum atomic E-state index is 12.9. The van der Waals surface area contributed by atoms with E-state index in [9.17, 15) is 14.4 Å². The smallest absolute Gasteiger partial charge is 0.306 e. The SMILES string of the molecule is CCCCC/C=C\C/C=C\C/C=C\CCCCCCCCC(=O)OCC(COC(=O)CCCCCCCCCCCCCCCCCC)OC(=O)CCCCCCCCCCC/C=C\CCCCCCCC. The van der Waals surface area contributed by atoms with E-state index < -0.39 is 6.10 Å². The van der Waals surface area contributed by atoms with Crippen LogP contribution in [0, 0.1) is 0 Å². The molecule has 0 rings (SSSR count). The third-order valence-electron chi connectivity index (χ3n) is 14.1. The molecule has 420 valence electrons. The minimum Gasteiger partial charge on any atom is -0.462 e. The predicted molar refractivity (Wildman–Crippen MR) is 312 cm³/mol. The molecule has 0 heterocycles. The van der Waals surface area contributed by atoms with Gasteiger partial charge in [-0.1, -0.05) is 281 Å². The number of esters is 3. The molecule has 0 saturated heterocycles. The van der Waals surface area contributed by atoms with E-state index in [1.165, 1.54) is 218 Å². The van der Waals surface area contributed by atoms with Crippen molar-refractivity contribution in [1.82, 2.24) is 0 Å². The summed E-state index contributed by atoms with van der Waals surface area (Å²) < 4.78 is 16.9. The first-order valence-corrected chi connectivity index (χ1v) is 31.6. The molecule has 0 aliphatic carbocycles. The number of carbonyl (C=O) groups excluding carboxylic acids is 3. The molecule has 6 heteroatoms. The van der Waals surface area contributed by atoms with Gasteiger partial charge in [-0.15, -0.1) is 0 Å². The second kappa shape index (κ2) is 60.9. The van der Waals surface area contributed by atoms with Gasteiger partial charge in [0.1, 0.15) is 13.2 Å². The summed E-state index contributed by atoms with van der Waals surface area (Å²) >= 11 is 0. The zero-order chi connectivity index (χ0) is 52.2. The van der Waals surface area contributed by atoms with Crippen molar-refractivity contribution >= 4 is 17.9 Å². The quantitative estimate of drug-likeness (QED) is 0.0261. The highest BCUT2D eigenvalue weighted by Crippen LogP contribution is 2.17. The van der Waals surface area contributed by atoms with Crippen molar-refractivity contribution in [2.24, 2.45) is 0 Å². The second-order valence-electron chi connectivity index (χ2n) is 21.3. The van der Waals surface area contributed by atoms with Crippen LogP contribution in [0.4, 0.5) is 0 Å². The fraction of sp³-hybridized carbons (Fsp3) is 0.833. The molecule has 0 amide bonds. The van der Waals surface area contributed by atoms with Crippen LogP contribution >= 0.6 is 0 Å². The fourth-order valence-electron chi connectivity index (χ4n) is 9.27. The van der Waals surface area contributed by atoms with Gasteiger partial charge < -0.3 is 14.2 Å². The van der Waals surface area contributed by atoms with Crippen LogP contribution in [-0.2, 0) is 28.6 Å². The monoisotopic (exact) mass is 1010 g/mol. The van der Waals surface area contributed by atoms with E-state index in [1.807, 2.05) is 0 Å². The highest BCUT2D eigenvalue weighted by Gasteiger charge is 2.19. The summed E-state index contributed by atoms with van der Waals surface area (Å²) in [6.45, 7) is 6.65. The van der Waals surface area contributed by atoms with Gasteiger partial charge in [0.2, 0.25) is 0 Å². The van der Waals surface area contributed by atoms with Crippen LogP contribution < -0.4 is 0 Å². The molecule has 0 bridgehead atoms. The molecule has 0 aliphatic rings. The molecule has 72 heavy (non-hydrogen) atoms. The molecule has 0 spiro atoms. The summed E-state index contributed by atoms with van der Waals surface area (Å²) in [7, 11) is 0. The van der Waals surface area contributed by atoms with Gasteiger partial charge in [0, 0.05) is 19.3 Å². The largest absolute Gasteiger partial charge is 0.462 e. The molecule has 0 aromatic heterocycles. The number of hydrogen-bond acceptors (Lipinski definition) is 6. The molecule has 0 aromatic rings. The zero-order valence-corrected chi connectivity index (χ0v) is 48.2. The Bertz CT molecular complexity index is 1250. The first-order chi connectivity index (χ1) is 35.5. The topological polar surface area (TPSA) is 78.9 Å². The van der Waals surface area contributed by atoms with E-state index in [-0.39, 0.29) is 31.1 Å². The van der Waals surface area contributed by atoms with Crippen molar-refractivity contribution in [2.75, 3.05) is 13.2 Å². The van der Waals surface area contributed by atoms with Gasteiger partial charge in [0.05, 0.1) is 0 Å². The zero-order valence-electron chi connectivity index (χ0n) is 48.2. The van der Waals surface area contributed by atoms with Crippen LogP contribution in [0.15, 0.2) is 48.6 Å². The maximum absolute atomic E-state index is 12.9. The van der Waals surface area contributed by atoms with Gasteiger partial charge in [-0.25, -0.2) is 0 Å². The van der Waals surface area contributed by atoms with Crippen molar-refractivity contribution in [2.45, 2.75) is 341 Å². The summed E-state index contributed by atoms with van der Waals surface area (Å²) in [4.78, 5) is 38.3. The molecule has 0 aromatic carbocycles. The third kappa shape index (κ3) is 58.3. The number of unbranched alkanes of at least 4 members (excludes halogenated alkanes) is 39. The number of carbonyl (C=O) groups is 3. The van der Waals surface area contributed by atoms with Crippen LogP contribution in [0.1, 0.15) is 335 Å². The third-order valence-corrected chi connectivity index (χ3v) is 14.1. The van der Waals surface area contributed by atoms with Crippen molar-refractivity contribution in [1.29, 1.82) is 0 Å². The van der Waals surface area contributed by atoms with Crippen LogP contribution in [0.3, 0.4) is 0 Å². The van der Waals surface area contributed by atoms with Crippen molar-refractivity contribution in [3.8, 4) is 0 Å². The number of allylic oxidation sites excluding steroid dienone is 8. The Balaban J connectivity index is 4.37. The summed E-state index contributed by atoms with van der Waals surface area (Å²) in [5, 5.41) is 0. The second-order valence-corrected chi connectivity index (χ2v) is 21.3. The molecule has 1 atom stereocenters. The molecule has 0 saturated carbocycles. The Morgan fingerprint density at radius 2 is 0.500 bits per heavy atom. The molecule has 0 fully saturated rings. The fourth-order valence-corrected chi connectivity index (χ4v) is 9.27. The van der Waals surface area contributed by atoms with E-state index in [4.69, 9.17) is 14.2 Å². The summed E-state index contributed by atoms with van der Waals surface area (Å²) in [6, 6.07) is 0. The maximum Gasteiger partial charge on any atom is 0.306 e. The molecular weight excluding hydrogens is 889 g/mol. The Kier molecular flexibility index (Phi) is 58.7. The lowest BCUT2D eigenvalue weighted by molar-refractivity contribution is -0.167. The number of hydrogen-bond donors (Lipinski definition) is 0. The van der Waals surface area contributed by atoms with E-state index in [1.54, 1.807) is 0 Å². The van der Waals surface area contributed by atoms with Crippen molar-refractivity contribution in [3.05, 3.63) is 48.6 Å². The van der Waals surface area contributed by atoms with Gasteiger partial charge in [0.15, 0.2) is 6.10 Å². The molecule has 0 N–H and O–H groups in total. The normalized spacial score (nSPS) is 12.3. The van der Waals surface area contributed by atoms with Gasteiger partial charge in [-0.3, -0.25) is 14.4 Å². The van der Waals surface area contributed by atoms with E-state index >= 15 is 0 Å². The van der Waals surface area contributed by atoms with Gasteiger partial charge >= 0.3 is 17.9 Å². The van der Waals surface area contributed by atoms with Gasteiger partial charge in [0.25, 0.3) is 0 Å². The van der Waals surface area contributed by atoms with Crippen LogP contribution in [0.25, 0.3) is 0 Å². The van der Waals surface area contributed by atoms with Gasteiger partial charge in [-0.05, 0) is 83.5 Å². The average molecular weight is 1010 g/mol. The molecule has 0 aliphatic heterocycles. The molecule has 0 radical (unpaired) electrons. The minimum absolute atomic E-state index is 0.0745. The first-order valence-electron chi connectivity index (χ1n) is 31.6. The average Bonchev–Trinajstić information content (AvgIpc) is 3.38. The van der Waals surface area contributed by atoms with E-state index in [0.29, 0.717) is 19.3 Å². The Morgan fingerprint density at radius 3 is 0.819 bits per heavy atom. The number of rotatable bonds is 58. The van der Waals surface area contributed by atoms with Crippen LogP contribution in [0.5, 0.6) is 0 Å². The lowest BCUT2D eigenvalue weighted by atomic mass is 10.0. The minimum atomic E-state index is -0.778. The summed E-state index contributed by atoms with van der Waals surface area (Å²) in [5.41, 5.74) is 0. The Morgan fingerprint density at radius 1 is 0.278 bits per heavy atom. The lowest BCUT2D eigenvalue weighted by Crippen LogP contribution is -2.30. The lowest BCUT2D eigenvalue weighted by Gasteiger charge is -2.18. The summed E-state index contributed by atoms with van der Waals surface area (Å²) in [5.74, 6) is -0.869. The molecule has 1 unspecified atom stereocenters. The molecule has 6 nitrogen and oxygen atoms in total. The standard InChI is InChI=1S/C66H120O6/c1-4-7-10-13-16-19-22-25-28-31-33-35-38-41-44-47-50-53-56-59-65(68)71-62-63(61-70-64(67)58-55-52-49-46-43-40-37-30-27-24-21-18-15-12-9-6-3)72-66(69)60-57-54-51-48-45-42-39-36-34-32-29-26-23-20-17-14-11-8-5-2/h16,19,25-26,28-29,33,35,63H,4-15,17-18,20-24,27,30-32,34,36-62H2,1-3H3/b19-16-,28-25-,29-26-,35-33-. The number of ether oxygens (including phenoxy) is 3. The van der Waals surface area contributed by atoms with Gasteiger partial charge in [-0.2, -0.15) is 0 Å². The van der Waals surface area contributed by atoms with Crippen molar-refractivity contribution in [3.63, 3.8) is 0 Å². The highest BCUT2D eigenvalue weighted by atomic mass is 16.6. The Labute approximate surface area is 448 Å². The molecular formula is C66H120O6. The van der Waals surface area contributed by atoms with E-state index in [0.717, 1.165) is 77.0 Å². The van der Waals surface area contributed by atoms with Crippen molar-refractivity contribution < 1.29 is 28.6 Å². The Hall–Kier alpha value is -2.63. The highest BCUT2D eigenvalue weighted by molar-refractivity contribution is 5.71. The van der Waals surface area contributed by atoms with Crippen LogP contribution in [0.2, 0.25) is 0 Å². The first kappa shape index (κ1) is 69.4. The van der Waals surface area contributed by atoms with Crippen LogP contribution in [-0.4, -0.2) is 37.2 Å². The summed E-state index contributed by atoms with van der Waals surface area (Å²) in [6.07, 6.45) is 75.3. The van der Waals surface area contributed by atoms with E-state index in [2.05, 4.69) is 69.4 Å².